The minimum Gasteiger partial charge on any atom is -0.298 e. The third kappa shape index (κ3) is 3.02. The SMILES string of the molecule is CC(C)(C)N1CCC2(CC1)CN(C1CN(C(C)(C)C)C1)C2. The Hall–Kier alpha value is -0.120. The van der Waals surface area contributed by atoms with E-state index in [0.29, 0.717) is 16.5 Å². The molecule has 0 aliphatic carbocycles. The number of piperidine rings is 1. The van der Waals surface area contributed by atoms with Crippen LogP contribution in [-0.2, 0) is 0 Å². The summed E-state index contributed by atoms with van der Waals surface area (Å²) in [6, 6.07) is 0.843. The smallest absolute Gasteiger partial charge is 0.0351 e. The second kappa shape index (κ2) is 4.94. The number of hydrogen-bond acceptors (Lipinski definition) is 3. The van der Waals surface area contributed by atoms with Crippen molar-refractivity contribution in [3.8, 4) is 0 Å². The summed E-state index contributed by atoms with van der Waals surface area (Å²) in [4.78, 5) is 8.05. The first-order valence-corrected chi connectivity index (χ1v) is 8.83. The first kappa shape index (κ1) is 15.8. The van der Waals surface area contributed by atoms with Gasteiger partial charge < -0.3 is 0 Å². The molecule has 3 heteroatoms. The molecule has 0 radical (unpaired) electrons. The quantitative estimate of drug-likeness (QED) is 0.736. The van der Waals surface area contributed by atoms with Gasteiger partial charge in [0.2, 0.25) is 0 Å². The molecule has 3 aliphatic heterocycles. The number of likely N-dealkylation sites (tertiary alicyclic amines) is 3. The predicted molar refractivity (Wildman–Crippen MR) is 89.7 cm³/mol. The summed E-state index contributed by atoms with van der Waals surface area (Å²) in [5, 5.41) is 0. The van der Waals surface area contributed by atoms with E-state index in [4.69, 9.17) is 0 Å². The van der Waals surface area contributed by atoms with E-state index < -0.39 is 0 Å². The van der Waals surface area contributed by atoms with Gasteiger partial charge in [-0.25, -0.2) is 0 Å². The number of hydrogen-bond donors (Lipinski definition) is 0. The molecular weight excluding hydrogens is 258 g/mol. The summed E-state index contributed by atoms with van der Waals surface area (Å²) in [6.07, 6.45) is 2.83. The first-order valence-electron chi connectivity index (χ1n) is 8.83. The maximum atomic E-state index is 2.76. The van der Waals surface area contributed by atoms with Gasteiger partial charge in [-0.1, -0.05) is 0 Å². The molecule has 0 unspecified atom stereocenters. The zero-order valence-electron chi connectivity index (χ0n) is 15.1. The highest BCUT2D eigenvalue weighted by Crippen LogP contribution is 2.44. The Morgan fingerprint density at radius 2 is 1.24 bits per heavy atom. The van der Waals surface area contributed by atoms with Crippen molar-refractivity contribution in [2.75, 3.05) is 39.3 Å². The van der Waals surface area contributed by atoms with Crippen LogP contribution in [0.3, 0.4) is 0 Å². The molecule has 0 saturated carbocycles. The molecule has 21 heavy (non-hydrogen) atoms. The Morgan fingerprint density at radius 3 is 1.67 bits per heavy atom. The fourth-order valence-corrected chi connectivity index (χ4v) is 4.28. The van der Waals surface area contributed by atoms with Crippen LogP contribution in [0.4, 0.5) is 0 Å². The highest BCUT2D eigenvalue weighted by molar-refractivity contribution is 5.05. The van der Waals surface area contributed by atoms with Crippen molar-refractivity contribution in [1.29, 1.82) is 0 Å². The van der Waals surface area contributed by atoms with Crippen LogP contribution in [0.2, 0.25) is 0 Å². The lowest BCUT2D eigenvalue weighted by Crippen LogP contribution is -2.72. The maximum Gasteiger partial charge on any atom is 0.0351 e. The predicted octanol–water partition coefficient (Wildman–Crippen LogP) is 2.67. The van der Waals surface area contributed by atoms with Crippen molar-refractivity contribution in [2.24, 2.45) is 5.41 Å². The second-order valence-corrected chi connectivity index (χ2v) is 9.79. The van der Waals surface area contributed by atoms with Crippen molar-refractivity contribution in [3.63, 3.8) is 0 Å². The van der Waals surface area contributed by atoms with Crippen LogP contribution in [0.1, 0.15) is 54.4 Å². The van der Waals surface area contributed by atoms with Gasteiger partial charge in [-0.05, 0) is 72.9 Å². The van der Waals surface area contributed by atoms with Crippen LogP contribution in [0.25, 0.3) is 0 Å². The zero-order valence-corrected chi connectivity index (χ0v) is 15.1. The van der Waals surface area contributed by atoms with Gasteiger partial charge in [0.25, 0.3) is 0 Å². The molecule has 3 heterocycles. The summed E-state index contributed by atoms with van der Waals surface area (Å²) in [7, 11) is 0. The molecular formula is C18H35N3. The summed E-state index contributed by atoms with van der Waals surface area (Å²) < 4.78 is 0. The van der Waals surface area contributed by atoms with Gasteiger partial charge in [0.15, 0.2) is 0 Å². The van der Waals surface area contributed by atoms with Gasteiger partial charge in [0.05, 0.1) is 0 Å². The molecule has 0 amide bonds. The van der Waals surface area contributed by atoms with E-state index in [1.807, 2.05) is 0 Å². The third-order valence-corrected chi connectivity index (χ3v) is 6.18. The molecule has 3 aliphatic rings. The van der Waals surface area contributed by atoms with Crippen molar-refractivity contribution < 1.29 is 0 Å². The summed E-state index contributed by atoms with van der Waals surface area (Å²) in [5.41, 5.74) is 1.38. The Balaban J connectivity index is 1.43. The molecule has 3 rings (SSSR count). The maximum absolute atomic E-state index is 2.76. The van der Waals surface area contributed by atoms with E-state index >= 15 is 0 Å². The molecule has 0 N–H and O–H groups in total. The van der Waals surface area contributed by atoms with Gasteiger partial charge in [-0.2, -0.15) is 0 Å². The molecule has 3 saturated heterocycles. The van der Waals surface area contributed by atoms with Crippen LogP contribution in [0.15, 0.2) is 0 Å². The van der Waals surface area contributed by atoms with Gasteiger partial charge in [-0.3, -0.25) is 14.7 Å². The van der Waals surface area contributed by atoms with E-state index in [2.05, 4.69) is 56.2 Å². The lowest BCUT2D eigenvalue weighted by atomic mass is 9.70. The zero-order chi connectivity index (χ0) is 15.5. The lowest BCUT2D eigenvalue weighted by Gasteiger charge is -2.61. The molecule has 0 aromatic heterocycles. The fourth-order valence-electron chi connectivity index (χ4n) is 4.28. The number of nitrogens with zero attached hydrogens (tertiary/aromatic N) is 3. The standard InChI is InChI=1S/C18H35N3/c1-16(2,3)20-9-7-18(8-10-20)13-19(14-18)15-11-21(12-15)17(4,5)6/h15H,7-14H2,1-6H3. The Kier molecular flexibility index (Phi) is 3.71. The van der Waals surface area contributed by atoms with Crippen molar-refractivity contribution in [3.05, 3.63) is 0 Å². The molecule has 0 aromatic rings. The first-order chi connectivity index (χ1) is 9.59. The monoisotopic (exact) mass is 293 g/mol. The van der Waals surface area contributed by atoms with E-state index in [0.717, 1.165) is 6.04 Å². The van der Waals surface area contributed by atoms with Crippen LogP contribution in [0.5, 0.6) is 0 Å². The normalized spacial score (nSPS) is 29.4. The topological polar surface area (TPSA) is 9.72 Å². The number of rotatable bonds is 1. The van der Waals surface area contributed by atoms with E-state index in [9.17, 15) is 0 Å². The minimum absolute atomic E-state index is 0.353. The fraction of sp³-hybridized carbons (Fsp3) is 1.00. The molecule has 3 nitrogen and oxygen atoms in total. The largest absolute Gasteiger partial charge is 0.298 e. The summed E-state index contributed by atoms with van der Waals surface area (Å²) in [5.74, 6) is 0. The molecule has 3 fully saturated rings. The Morgan fingerprint density at radius 1 is 0.762 bits per heavy atom. The third-order valence-electron chi connectivity index (χ3n) is 6.18. The summed E-state index contributed by atoms with van der Waals surface area (Å²) >= 11 is 0. The van der Waals surface area contributed by atoms with E-state index in [-0.39, 0.29) is 0 Å². The highest BCUT2D eigenvalue weighted by Gasteiger charge is 2.50. The summed E-state index contributed by atoms with van der Waals surface area (Å²) in [6.45, 7) is 22.0. The van der Waals surface area contributed by atoms with Crippen LogP contribution < -0.4 is 0 Å². The highest BCUT2D eigenvalue weighted by atomic mass is 15.4. The average Bonchev–Trinajstić information content (AvgIpc) is 2.22. The lowest BCUT2D eigenvalue weighted by molar-refractivity contribution is -0.124. The Bertz CT molecular complexity index is 368. The van der Waals surface area contributed by atoms with Crippen LogP contribution in [0, 0.1) is 5.41 Å². The molecule has 122 valence electrons. The van der Waals surface area contributed by atoms with Gasteiger partial charge in [-0.15, -0.1) is 0 Å². The average molecular weight is 293 g/mol. The minimum atomic E-state index is 0.353. The molecule has 1 spiro atoms. The van der Waals surface area contributed by atoms with Gasteiger partial charge in [0.1, 0.15) is 0 Å². The van der Waals surface area contributed by atoms with E-state index in [1.165, 1.54) is 52.1 Å². The molecule has 0 bridgehead atoms. The molecule has 0 atom stereocenters. The van der Waals surface area contributed by atoms with Crippen molar-refractivity contribution >= 4 is 0 Å². The van der Waals surface area contributed by atoms with Gasteiger partial charge in [0, 0.05) is 43.3 Å². The van der Waals surface area contributed by atoms with Crippen LogP contribution in [-0.4, -0.2) is 71.1 Å². The van der Waals surface area contributed by atoms with E-state index in [1.54, 1.807) is 0 Å². The van der Waals surface area contributed by atoms with Gasteiger partial charge >= 0.3 is 0 Å². The Labute approximate surface area is 131 Å². The van der Waals surface area contributed by atoms with Crippen molar-refractivity contribution in [1.82, 2.24) is 14.7 Å². The van der Waals surface area contributed by atoms with Crippen LogP contribution >= 0.6 is 0 Å². The molecule has 0 aromatic carbocycles. The van der Waals surface area contributed by atoms with Crippen molar-refractivity contribution in [2.45, 2.75) is 71.5 Å². The second-order valence-electron chi connectivity index (χ2n) is 9.79.